The van der Waals surface area contributed by atoms with E-state index in [0.29, 0.717) is 0 Å². The Hall–Kier alpha value is -1.36. The number of nitrogens with one attached hydrogen (secondary N) is 2. The molecular weight excluding hydrogens is 238 g/mol. The number of hydrogen-bond donors (Lipinski definition) is 2. The van der Waals surface area contributed by atoms with E-state index in [9.17, 15) is 0 Å². The Bertz CT molecular complexity index is 374. The van der Waals surface area contributed by atoms with Crippen LogP contribution in [0, 0.1) is 5.92 Å². The summed E-state index contributed by atoms with van der Waals surface area (Å²) in [6.07, 6.45) is 5.24. The largest absolute Gasteiger partial charge is 0.370 e. The van der Waals surface area contributed by atoms with Gasteiger partial charge in [-0.1, -0.05) is 6.92 Å². The molecular formula is C14H25N5. The summed E-state index contributed by atoms with van der Waals surface area (Å²) in [5.41, 5.74) is 0. The first kappa shape index (κ1) is 14.1. The summed E-state index contributed by atoms with van der Waals surface area (Å²) in [6.45, 7) is 6.43. The topological polar surface area (TPSA) is 53.1 Å². The summed E-state index contributed by atoms with van der Waals surface area (Å²) in [5.74, 6) is 2.79. The Morgan fingerprint density at radius 3 is 2.79 bits per heavy atom. The third-order valence-corrected chi connectivity index (χ3v) is 3.64. The van der Waals surface area contributed by atoms with E-state index < -0.39 is 0 Å². The van der Waals surface area contributed by atoms with Crippen LogP contribution in [0.5, 0.6) is 0 Å². The first-order valence-electron chi connectivity index (χ1n) is 7.29. The fraction of sp³-hybridized carbons (Fsp3) is 0.714. The van der Waals surface area contributed by atoms with Gasteiger partial charge in [0.15, 0.2) is 0 Å². The molecule has 2 rings (SSSR count). The molecule has 5 heteroatoms. The first-order chi connectivity index (χ1) is 9.33. The minimum Gasteiger partial charge on any atom is -0.370 e. The second-order valence-electron chi connectivity index (χ2n) is 5.18. The maximum atomic E-state index is 4.40. The van der Waals surface area contributed by atoms with Crippen LogP contribution in [0.4, 0.5) is 11.6 Å². The highest BCUT2D eigenvalue weighted by molar-refractivity contribution is 5.48. The van der Waals surface area contributed by atoms with Gasteiger partial charge in [0, 0.05) is 25.7 Å². The van der Waals surface area contributed by atoms with Gasteiger partial charge in [0.2, 0.25) is 0 Å². The van der Waals surface area contributed by atoms with Crippen molar-refractivity contribution >= 4 is 11.6 Å². The molecule has 0 amide bonds. The minimum absolute atomic E-state index is 0.806. The van der Waals surface area contributed by atoms with E-state index in [-0.39, 0.29) is 0 Å². The highest BCUT2D eigenvalue weighted by Gasteiger charge is 2.19. The standard InChI is InChI=1S/C14H25N5/c1-3-6-16-13-9-14(18-11-17-13)19-7-4-12(5-8-19)10-15-2/h9,11-12,15H,3-8,10H2,1-2H3,(H,16,17,18). The molecule has 1 aliphatic heterocycles. The summed E-state index contributed by atoms with van der Waals surface area (Å²) in [7, 11) is 2.03. The van der Waals surface area contributed by atoms with Crippen LogP contribution in [0.25, 0.3) is 0 Å². The number of piperidine rings is 1. The molecule has 0 aliphatic carbocycles. The van der Waals surface area contributed by atoms with Crippen molar-refractivity contribution in [2.75, 3.05) is 43.4 Å². The second kappa shape index (κ2) is 7.28. The summed E-state index contributed by atoms with van der Waals surface area (Å²) in [5, 5.41) is 6.59. The number of anilines is 2. The van der Waals surface area contributed by atoms with Gasteiger partial charge in [-0.3, -0.25) is 0 Å². The lowest BCUT2D eigenvalue weighted by atomic mass is 9.97. The maximum absolute atomic E-state index is 4.40. The third-order valence-electron chi connectivity index (χ3n) is 3.64. The van der Waals surface area contributed by atoms with E-state index in [2.05, 4.69) is 38.5 Å². The van der Waals surface area contributed by atoms with E-state index in [1.54, 1.807) is 6.33 Å². The van der Waals surface area contributed by atoms with Gasteiger partial charge >= 0.3 is 0 Å². The van der Waals surface area contributed by atoms with Crippen LogP contribution >= 0.6 is 0 Å². The predicted molar refractivity (Wildman–Crippen MR) is 79.7 cm³/mol. The number of aromatic nitrogens is 2. The van der Waals surface area contributed by atoms with Crippen molar-refractivity contribution in [1.29, 1.82) is 0 Å². The van der Waals surface area contributed by atoms with Crippen molar-refractivity contribution in [3.63, 3.8) is 0 Å². The van der Waals surface area contributed by atoms with Crippen molar-refractivity contribution < 1.29 is 0 Å². The molecule has 0 atom stereocenters. The highest BCUT2D eigenvalue weighted by atomic mass is 15.2. The van der Waals surface area contributed by atoms with Gasteiger partial charge in [0.1, 0.15) is 18.0 Å². The fourth-order valence-electron chi connectivity index (χ4n) is 2.52. The summed E-state index contributed by atoms with van der Waals surface area (Å²) in [6, 6.07) is 2.06. The summed E-state index contributed by atoms with van der Waals surface area (Å²) in [4.78, 5) is 11.0. The zero-order chi connectivity index (χ0) is 13.5. The molecule has 1 aliphatic rings. The molecule has 0 spiro atoms. The lowest BCUT2D eigenvalue weighted by Crippen LogP contribution is -2.37. The first-order valence-corrected chi connectivity index (χ1v) is 7.29. The van der Waals surface area contributed by atoms with Crippen molar-refractivity contribution in [1.82, 2.24) is 15.3 Å². The van der Waals surface area contributed by atoms with E-state index in [1.165, 1.54) is 12.8 Å². The molecule has 0 bridgehead atoms. The Morgan fingerprint density at radius 1 is 1.32 bits per heavy atom. The van der Waals surface area contributed by atoms with Gasteiger partial charge < -0.3 is 15.5 Å². The van der Waals surface area contributed by atoms with Gasteiger partial charge in [0.05, 0.1) is 0 Å². The molecule has 2 N–H and O–H groups in total. The number of hydrogen-bond acceptors (Lipinski definition) is 5. The minimum atomic E-state index is 0.806. The molecule has 5 nitrogen and oxygen atoms in total. The zero-order valence-electron chi connectivity index (χ0n) is 12.0. The Kier molecular flexibility index (Phi) is 5.39. The highest BCUT2D eigenvalue weighted by Crippen LogP contribution is 2.22. The normalized spacial score (nSPS) is 16.6. The van der Waals surface area contributed by atoms with Crippen LogP contribution in [0.3, 0.4) is 0 Å². The lowest BCUT2D eigenvalue weighted by Gasteiger charge is -2.32. The van der Waals surface area contributed by atoms with Crippen LogP contribution < -0.4 is 15.5 Å². The van der Waals surface area contributed by atoms with Crippen molar-refractivity contribution in [3.8, 4) is 0 Å². The van der Waals surface area contributed by atoms with Crippen LogP contribution in [0.15, 0.2) is 12.4 Å². The quantitative estimate of drug-likeness (QED) is 0.818. The fourth-order valence-corrected chi connectivity index (χ4v) is 2.52. The average molecular weight is 263 g/mol. The molecule has 0 radical (unpaired) electrons. The lowest BCUT2D eigenvalue weighted by molar-refractivity contribution is 0.392. The molecule has 2 heterocycles. The monoisotopic (exact) mass is 263 g/mol. The SMILES string of the molecule is CCCNc1cc(N2CCC(CNC)CC2)ncn1. The van der Waals surface area contributed by atoms with Crippen molar-refractivity contribution in [2.45, 2.75) is 26.2 Å². The van der Waals surface area contributed by atoms with E-state index >= 15 is 0 Å². The summed E-state index contributed by atoms with van der Waals surface area (Å²) < 4.78 is 0. The number of rotatable bonds is 6. The molecule has 106 valence electrons. The van der Waals surface area contributed by atoms with E-state index in [0.717, 1.165) is 50.2 Å². The number of nitrogens with zero attached hydrogens (tertiary/aromatic N) is 3. The van der Waals surface area contributed by atoms with Crippen molar-refractivity contribution in [3.05, 3.63) is 12.4 Å². The van der Waals surface area contributed by atoms with Gasteiger partial charge in [-0.2, -0.15) is 0 Å². The third kappa shape index (κ3) is 4.06. The van der Waals surface area contributed by atoms with Gasteiger partial charge in [-0.25, -0.2) is 9.97 Å². The molecule has 1 fully saturated rings. The van der Waals surface area contributed by atoms with E-state index in [4.69, 9.17) is 0 Å². The van der Waals surface area contributed by atoms with Crippen LogP contribution in [-0.4, -0.2) is 43.2 Å². The van der Waals surface area contributed by atoms with Crippen molar-refractivity contribution in [2.24, 2.45) is 5.92 Å². The molecule has 1 saturated heterocycles. The molecule has 0 saturated carbocycles. The Morgan fingerprint density at radius 2 is 2.11 bits per heavy atom. The molecule has 1 aromatic heterocycles. The van der Waals surface area contributed by atoms with Gasteiger partial charge in [-0.05, 0) is 38.8 Å². The second-order valence-corrected chi connectivity index (χ2v) is 5.18. The zero-order valence-corrected chi connectivity index (χ0v) is 12.0. The Balaban J connectivity index is 1.91. The predicted octanol–water partition coefficient (Wildman–Crippen LogP) is 1.73. The smallest absolute Gasteiger partial charge is 0.134 e. The van der Waals surface area contributed by atoms with Gasteiger partial charge in [0.25, 0.3) is 0 Å². The molecule has 1 aromatic rings. The van der Waals surface area contributed by atoms with Gasteiger partial charge in [-0.15, -0.1) is 0 Å². The molecule has 0 unspecified atom stereocenters. The van der Waals surface area contributed by atoms with Crippen LogP contribution in [0.1, 0.15) is 26.2 Å². The van der Waals surface area contributed by atoms with E-state index in [1.807, 2.05) is 7.05 Å². The Labute approximate surface area is 115 Å². The van der Waals surface area contributed by atoms with Crippen LogP contribution in [-0.2, 0) is 0 Å². The molecule has 0 aromatic carbocycles. The maximum Gasteiger partial charge on any atom is 0.134 e. The van der Waals surface area contributed by atoms with Crippen LogP contribution in [0.2, 0.25) is 0 Å². The average Bonchev–Trinajstić information content (AvgIpc) is 2.46. The molecule has 19 heavy (non-hydrogen) atoms. The summed E-state index contributed by atoms with van der Waals surface area (Å²) >= 11 is 0.